The zero-order valence-electron chi connectivity index (χ0n) is 12.2. The van der Waals surface area contributed by atoms with Gasteiger partial charge in [0.2, 0.25) is 5.91 Å². The SMILES string of the molecule is CN(Cc1cnc2ccccc2n1)C1CCNC(=O)CC1. The number of nitrogens with one attached hydrogen (secondary N) is 1. The molecule has 3 rings (SSSR count). The highest BCUT2D eigenvalue weighted by atomic mass is 16.1. The molecule has 0 saturated carbocycles. The molecule has 1 fully saturated rings. The minimum Gasteiger partial charge on any atom is -0.356 e. The molecule has 110 valence electrons. The molecule has 1 atom stereocenters. The Morgan fingerprint density at radius 1 is 1.29 bits per heavy atom. The fourth-order valence-electron chi connectivity index (χ4n) is 2.81. The van der Waals surface area contributed by atoms with Gasteiger partial charge in [-0.25, -0.2) is 4.98 Å². The number of amides is 1. The van der Waals surface area contributed by atoms with Gasteiger partial charge in [-0.1, -0.05) is 12.1 Å². The van der Waals surface area contributed by atoms with E-state index in [1.165, 1.54) is 0 Å². The molecule has 1 amide bonds. The van der Waals surface area contributed by atoms with Gasteiger partial charge in [-0.15, -0.1) is 0 Å². The predicted octanol–water partition coefficient (Wildman–Crippen LogP) is 1.73. The van der Waals surface area contributed by atoms with Crippen molar-refractivity contribution >= 4 is 16.9 Å². The number of rotatable bonds is 3. The maximum Gasteiger partial charge on any atom is 0.220 e. The first-order chi connectivity index (χ1) is 10.2. The number of aromatic nitrogens is 2. The van der Waals surface area contributed by atoms with E-state index in [1.54, 1.807) is 0 Å². The minimum absolute atomic E-state index is 0.163. The topological polar surface area (TPSA) is 58.1 Å². The van der Waals surface area contributed by atoms with Crippen LogP contribution in [0.2, 0.25) is 0 Å². The van der Waals surface area contributed by atoms with Crippen molar-refractivity contribution in [1.29, 1.82) is 0 Å². The second-order valence-electron chi connectivity index (χ2n) is 5.60. The standard InChI is InChI=1S/C16H20N4O/c1-20(13-6-7-16(21)17-9-8-13)11-12-10-18-14-4-2-3-5-15(14)19-12/h2-5,10,13H,6-9,11H2,1H3,(H,17,21). The van der Waals surface area contributed by atoms with Crippen LogP contribution in [-0.4, -0.2) is 40.4 Å². The van der Waals surface area contributed by atoms with Gasteiger partial charge in [-0.05, 0) is 32.0 Å². The van der Waals surface area contributed by atoms with Gasteiger partial charge < -0.3 is 5.32 Å². The lowest BCUT2D eigenvalue weighted by Gasteiger charge is -2.26. The van der Waals surface area contributed by atoms with E-state index in [1.807, 2.05) is 30.5 Å². The molecule has 5 nitrogen and oxygen atoms in total. The number of carbonyl (C=O) groups excluding carboxylic acids is 1. The first-order valence-corrected chi connectivity index (χ1v) is 7.40. The summed E-state index contributed by atoms with van der Waals surface area (Å²) in [6.07, 6.45) is 4.35. The number of hydrogen-bond acceptors (Lipinski definition) is 4. The Bertz CT molecular complexity index is 643. The molecule has 2 heterocycles. The molecular weight excluding hydrogens is 264 g/mol. The summed E-state index contributed by atoms with van der Waals surface area (Å²) in [5.74, 6) is 0.163. The lowest BCUT2D eigenvalue weighted by molar-refractivity contribution is -0.120. The van der Waals surface area contributed by atoms with Crippen molar-refractivity contribution in [2.75, 3.05) is 13.6 Å². The van der Waals surface area contributed by atoms with E-state index in [-0.39, 0.29) is 5.91 Å². The fraction of sp³-hybridized carbons (Fsp3) is 0.438. The third-order valence-electron chi connectivity index (χ3n) is 4.04. The molecule has 5 heteroatoms. The summed E-state index contributed by atoms with van der Waals surface area (Å²) in [5, 5.41) is 2.92. The zero-order valence-corrected chi connectivity index (χ0v) is 12.2. The molecule has 0 aliphatic carbocycles. The lowest BCUT2D eigenvalue weighted by atomic mass is 10.1. The van der Waals surface area contributed by atoms with Crippen molar-refractivity contribution < 1.29 is 4.79 Å². The Kier molecular flexibility index (Phi) is 4.10. The van der Waals surface area contributed by atoms with Gasteiger partial charge in [-0.3, -0.25) is 14.7 Å². The van der Waals surface area contributed by atoms with E-state index in [4.69, 9.17) is 0 Å². The van der Waals surface area contributed by atoms with E-state index >= 15 is 0 Å². The summed E-state index contributed by atoms with van der Waals surface area (Å²) in [5.41, 5.74) is 2.83. The van der Waals surface area contributed by atoms with Crippen LogP contribution in [0.4, 0.5) is 0 Å². The Morgan fingerprint density at radius 2 is 2.10 bits per heavy atom. The second-order valence-corrected chi connectivity index (χ2v) is 5.60. The summed E-state index contributed by atoms with van der Waals surface area (Å²) in [6, 6.07) is 8.32. The van der Waals surface area contributed by atoms with E-state index in [9.17, 15) is 4.79 Å². The van der Waals surface area contributed by atoms with Crippen LogP contribution in [0.1, 0.15) is 25.0 Å². The molecule has 1 aliphatic heterocycles. The molecular formula is C16H20N4O. The molecule has 1 unspecified atom stereocenters. The van der Waals surface area contributed by atoms with Crippen LogP contribution in [-0.2, 0) is 11.3 Å². The first kappa shape index (κ1) is 13.9. The van der Waals surface area contributed by atoms with Gasteiger partial charge in [0.25, 0.3) is 0 Å². The van der Waals surface area contributed by atoms with Gasteiger partial charge in [-0.2, -0.15) is 0 Å². The highest BCUT2D eigenvalue weighted by Gasteiger charge is 2.20. The number of hydrogen-bond donors (Lipinski definition) is 1. The first-order valence-electron chi connectivity index (χ1n) is 7.40. The number of carbonyl (C=O) groups is 1. The highest BCUT2D eigenvalue weighted by molar-refractivity contribution is 5.76. The van der Waals surface area contributed by atoms with Gasteiger partial charge in [0.05, 0.1) is 22.9 Å². The van der Waals surface area contributed by atoms with Crippen LogP contribution >= 0.6 is 0 Å². The van der Waals surface area contributed by atoms with Crippen LogP contribution in [0.3, 0.4) is 0 Å². The van der Waals surface area contributed by atoms with Gasteiger partial charge in [0.1, 0.15) is 0 Å². The van der Waals surface area contributed by atoms with Crippen LogP contribution in [0.25, 0.3) is 11.0 Å². The Balaban J connectivity index is 1.70. The average Bonchev–Trinajstić information content (AvgIpc) is 2.72. The summed E-state index contributed by atoms with van der Waals surface area (Å²) >= 11 is 0. The van der Waals surface area contributed by atoms with E-state index in [0.29, 0.717) is 12.5 Å². The summed E-state index contributed by atoms with van der Waals surface area (Å²) in [6.45, 7) is 1.52. The van der Waals surface area contributed by atoms with Crippen molar-refractivity contribution in [1.82, 2.24) is 20.2 Å². The summed E-state index contributed by atoms with van der Waals surface area (Å²) < 4.78 is 0. The summed E-state index contributed by atoms with van der Waals surface area (Å²) in [4.78, 5) is 22.8. The molecule has 0 radical (unpaired) electrons. The second kappa shape index (κ2) is 6.18. The highest BCUT2D eigenvalue weighted by Crippen LogP contribution is 2.15. The monoisotopic (exact) mass is 284 g/mol. The third kappa shape index (κ3) is 3.36. The quantitative estimate of drug-likeness (QED) is 0.932. The molecule has 1 saturated heterocycles. The van der Waals surface area contributed by atoms with Crippen molar-refractivity contribution in [2.45, 2.75) is 31.8 Å². The molecule has 0 spiro atoms. The minimum atomic E-state index is 0.163. The van der Waals surface area contributed by atoms with Crippen LogP contribution in [0, 0.1) is 0 Å². The van der Waals surface area contributed by atoms with Crippen molar-refractivity contribution in [2.24, 2.45) is 0 Å². The fourth-order valence-corrected chi connectivity index (χ4v) is 2.81. The molecule has 21 heavy (non-hydrogen) atoms. The maximum absolute atomic E-state index is 11.4. The average molecular weight is 284 g/mol. The Morgan fingerprint density at radius 3 is 2.95 bits per heavy atom. The number of fused-ring (bicyclic) bond motifs is 1. The van der Waals surface area contributed by atoms with E-state index < -0.39 is 0 Å². The molecule has 2 aromatic rings. The smallest absolute Gasteiger partial charge is 0.220 e. The predicted molar refractivity (Wildman–Crippen MR) is 81.7 cm³/mol. The number of nitrogens with zero attached hydrogens (tertiary/aromatic N) is 3. The third-order valence-corrected chi connectivity index (χ3v) is 4.04. The van der Waals surface area contributed by atoms with Crippen molar-refractivity contribution in [3.05, 3.63) is 36.2 Å². The largest absolute Gasteiger partial charge is 0.356 e. The van der Waals surface area contributed by atoms with E-state index in [2.05, 4.69) is 27.2 Å². The normalized spacial score (nSPS) is 19.5. The molecule has 0 bridgehead atoms. The van der Waals surface area contributed by atoms with Crippen molar-refractivity contribution in [3.63, 3.8) is 0 Å². The lowest BCUT2D eigenvalue weighted by Crippen LogP contribution is -2.32. The summed E-state index contributed by atoms with van der Waals surface area (Å²) in [7, 11) is 2.09. The Hall–Kier alpha value is -2.01. The van der Waals surface area contributed by atoms with Crippen LogP contribution in [0.15, 0.2) is 30.5 Å². The van der Waals surface area contributed by atoms with Gasteiger partial charge >= 0.3 is 0 Å². The van der Waals surface area contributed by atoms with Gasteiger partial charge in [0, 0.05) is 25.6 Å². The van der Waals surface area contributed by atoms with Crippen LogP contribution < -0.4 is 5.32 Å². The number of para-hydroxylation sites is 2. The zero-order chi connectivity index (χ0) is 14.7. The molecule has 1 aliphatic rings. The maximum atomic E-state index is 11.4. The van der Waals surface area contributed by atoms with Gasteiger partial charge in [0.15, 0.2) is 0 Å². The van der Waals surface area contributed by atoms with Crippen molar-refractivity contribution in [3.8, 4) is 0 Å². The molecule has 1 aromatic carbocycles. The van der Waals surface area contributed by atoms with E-state index in [0.717, 1.165) is 42.7 Å². The number of benzene rings is 1. The van der Waals surface area contributed by atoms with Crippen LogP contribution in [0.5, 0.6) is 0 Å². The Labute approximate surface area is 124 Å². The molecule has 1 aromatic heterocycles. The molecule has 1 N–H and O–H groups in total.